The maximum Gasteiger partial charge on any atom is 0.316 e. The van der Waals surface area contributed by atoms with Crippen molar-refractivity contribution in [2.45, 2.75) is 13.3 Å². The van der Waals surface area contributed by atoms with Crippen LogP contribution in [0, 0.1) is 6.92 Å². The summed E-state index contributed by atoms with van der Waals surface area (Å²) >= 11 is 17.9. The fraction of sp³-hybridized carbons (Fsp3) is 0.150. The number of ether oxygens (including phenoxy) is 1. The summed E-state index contributed by atoms with van der Waals surface area (Å²) in [7, 11) is 1.60. The summed E-state index contributed by atoms with van der Waals surface area (Å²) in [5.74, 6) is -0.865. The number of esters is 1. The molecular formula is C20H15Cl3N2O3. The highest BCUT2D eigenvalue weighted by molar-refractivity contribution is 6.37. The van der Waals surface area contributed by atoms with Crippen LogP contribution in [0.1, 0.15) is 27.2 Å². The summed E-state index contributed by atoms with van der Waals surface area (Å²) < 4.78 is 6.83. The van der Waals surface area contributed by atoms with E-state index in [-0.39, 0.29) is 28.5 Å². The van der Waals surface area contributed by atoms with Crippen molar-refractivity contribution in [2.24, 2.45) is 7.05 Å². The Balaban J connectivity index is 1.89. The van der Waals surface area contributed by atoms with Crippen LogP contribution in [0.15, 0.2) is 42.5 Å². The molecule has 0 unspecified atom stereocenters. The molecule has 0 bridgehead atoms. The molecule has 1 heterocycles. The number of rotatable bonds is 5. The zero-order valence-electron chi connectivity index (χ0n) is 15.0. The van der Waals surface area contributed by atoms with E-state index in [9.17, 15) is 9.59 Å². The van der Waals surface area contributed by atoms with Crippen molar-refractivity contribution >= 4 is 46.6 Å². The number of benzene rings is 2. The van der Waals surface area contributed by atoms with E-state index in [1.807, 2.05) is 0 Å². The molecule has 5 nitrogen and oxygen atoms in total. The van der Waals surface area contributed by atoms with Crippen molar-refractivity contribution in [3.05, 3.63) is 79.9 Å². The number of nitrogens with zero attached hydrogens (tertiary/aromatic N) is 2. The van der Waals surface area contributed by atoms with Gasteiger partial charge in [0.1, 0.15) is 5.56 Å². The number of hydrogen-bond acceptors (Lipinski definition) is 4. The first-order valence-electron chi connectivity index (χ1n) is 8.24. The molecule has 0 saturated heterocycles. The van der Waals surface area contributed by atoms with Gasteiger partial charge in [0.05, 0.1) is 17.1 Å². The predicted molar refractivity (Wildman–Crippen MR) is 109 cm³/mol. The monoisotopic (exact) mass is 436 g/mol. The van der Waals surface area contributed by atoms with Gasteiger partial charge in [0, 0.05) is 22.7 Å². The molecule has 0 spiro atoms. The summed E-state index contributed by atoms with van der Waals surface area (Å²) in [5, 5.41) is 5.41. The molecule has 0 fully saturated rings. The quantitative estimate of drug-likeness (QED) is 0.413. The van der Waals surface area contributed by atoms with Gasteiger partial charge in [-0.1, -0.05) is 46.9 Å². The number of ketones is 1. The van der Waals surface area contributed by atoms with Crippen LogP contribution in [-0.2, 0) is 18.3 Å². The molecule has 0 radical (unpaired) electrons. The van der Waals surface area contributed by atoms with Crippen molar-refractivity contribution in [2.75, 3.05) is 0 Å². The second-order valence-electron chi connectivity index (χ2n) is 6.12. The molecule has 2 aromatic carbocycles. The Morgan fingerprint density at radius 3 is 2.32 bits per heavy atom. The van der Waals surface area contributed by atoms with E-state index in [1.54, 1.807) is 44.3 Å². The molecule has 0 N–H and O–H groups in total. The standard InChI is InChI=1S/C20H15Cl3N2O3/c1-11-18(19(27)15-8-7-14(22)10-16(15)23)20(25(2)24-11)28-17(26)9-12-3-5-13(21)6-4-12/h3-8,10H,9H2,1-2H3. The van der Waals surface area contributed by atoms with Gasteiger partial charge in [0.25, 0.3) is 0 Å². The molecule has 1 aromatic heterocycles. The first kappa shape index (κ1) is 20.4. The smallest absolute Gasteiger partial charge is 0.316 e. The van der Waals surface area contributed by atoms with Crippen LogP contribution in [0.25, 0.3) is 0 Å². The minimum absolute atomic E-state index is 0.0245. The Morgan fingerprint density at radius 1 is 1.04 bits per heavy atom. The Hall–Kier alpha value is -2.34. The van der Waals surface area contributed by atoms with Crippen LogP contribution >= 0.6 is 34.8 Å². The van der Waals surface area contributed by atoms with E-state index >= 15 is 0 Å². The predicted octanol–water partition coefficient (Wildman–Crippen LogP) is 5.07. The van der Waals surface area contributed by atoms with E-state index in [1.165, 1.54) is 16.8 Å². The van der Waals surface area contributed by atoms with Crippen molar-refractivity contribution < 1.29 is 14.3 Å². The lowest BCUT2D eigenvalue weighted by Crippen LogP contribution is -2.16. The highest BCUT2D eigenvalue weighted by Crippen LogP contribution is 2.29. The van der Waals surface area contributed by atoms with E-state index < -0.39 is 11.8 Å². The molecule has 3 rings (SSSR count). The molecule has 0 aliphatic carbocycles. The number of carbonyl (C=O) groups excluding carboxylic acids is 2. The van der Waals surface area contributed by atoms with Crippen LogP contribution in [0.2, 0.25) is 15.1 Å². The molecule has 0 saturated carbocycles. The summed E-state index contributed by atoms with van der Waals surface area (Å²) in [6, 6.07) is 11.4. The average molecular weight is 438 g/mol. The Bertz CT molecular complexity index is 1060. The van der Waals surface area contributed by atoms with Gasteiger partial charge in [-0.05, 0) is 42.8 Å². The third-order valence-corrected chi connectivity index (χ3v) is 4.84. The molecule has 3 aromatic rings. The fourth-order valence-electron chi connectivity index (χ4n) is 2.74. The van der Waals surface area contributed by atoms with Gasteiger partial charge in [-0.15, -0.1) is 0 Å². The second kappa shape index (κ2) is 8.35. The molecule has 144 valence electrons. The van der Waals surface area contributed by atoms with Gasteiger partial charge in [-0.25, -0.2) is 4.68 Å². The number of hydrogen-bond donors (Lipinski definition) is 0. The Morgan fingerprint density at radius 2 is 1.68 bits per heavy atom. The van der Waals surface area contributed by atoms with Crippen LogP contribution in [-0.4, -0.2) is 21.5 Å². The van der Waals surface area contributed by atoms with Crippen molar-refractivity contribution in [3.63, 3.8) is 0 Å². The van der Waals surface area contributed by atoms with E-state index in [4.69, 9.17) is 39.5 Å². The van der Waals surface area contributed by atoms with Crippen LogP contribution < -0.4 is 4.74 Å². The molecule has 8 heteroatoms. The zero-order valence-corrected chi connectivity index (χ0v) is 17.3. The van der Waals surface area contributed by atoms with Crippen LogP contribution in [0.5, 0.6) is 5.88 Å². The minimum Gasteiger partial charge on any atom is -0.407 e. The number of halogens is 3. The number of aryl methyl sites for hydroxylation is 2. The molecule has 0 aliphatic rings. The summed E-state index contributed by atoms with van der Waals surface area (Å²) in [5.41, 5.74) is 1.59. The third-order valence-electron chi connectivity index (χ3n) is 4.04. The Labute approximate surface area is 176 Å². The van der Waals surface area contributed by atoms with Gasteiger partial charge in [0.2, 0.25) is 11.7 Å². The van der Waals surface area contributed by atoms with Gasteiger partial charge in [0.15, 0.2) is 0 Å². The highest BCUT2D eigenvalue weighted by Gasteiger charge is 2.26. The molecule has 0 aliphatic heterocycles. The van der Waals surface area contributed by atoms with Gasteiger partial charge < -0.3 is 4.74 Å². The molecular weight excluding hydrogens is 423 g/mol. The van der Waals surface area contributed by atoms with E-state index in [0.717, 1.165) is 5.56 Å². The van der Waals surface area contributed by atoms with Crippen molar-refractivity contribution in [1.82, 2.24) is 9.78 Å². The van der Waals surface area contributed by atoms with E-state index in [2.05, 4.69) is 5.10 Å². The second-order valence-corrected chi connectivity index (χ2v) is 7.40. The normalized spacial score (nSPS) is 10.8. The number of aromatic nitrogens is 2. The maximum absolute atomic E-state index is 13.0. The third kappa shape index (κ3) is 4.38. The molecule has 0 atom stereocenters. The highest BCUT2D eigenvalue weighted by atomic mass is 35.5. The molecule has 28 heavy (non-hydrogen) atoms. The van der Waals surface area contributed by atoms with Gasteiger partial charge in [-0.2, -0.15) is 5.10 Å². The first-order valence-corrected chi connectivity index (χ1v) is 9.38. The summed E-state index contributed by atoms with van der Waals surface area (Å²) in [6.07, 6.45) is 0.0245. The lowest BCUT2D eigenvalue weighted by Gasteiger charge is -2.09. The zero-order chi connectivity index (χ0) is 20.4. The van der Waals surface area contributed by atoms with Crippen LogP contribution in [0.3, 0.4) is 0 Å². The largest absolute Gasteiger partial charge is 0.407 e. The molecule has 0 amide bonds. The van der Waals surface area contributed by atoms with Crippen molar-refractivity contribution in [3.8, 4) is 5.88 Å². The maximum atomic E-state index is 13.0. The first-order chi connectivity index (χ1) is 13.3. The van der Waals surface area contributed by atoms with E-state index in [0.29, 0.717) is 15.7 Å². The lowest BCUT2D eigenvalue weighted by atomic mass is 10.0. The number of carbonyl (C=O) groups is 2. The van der Waals surface area contributed by atoms with Gasteiger partial charge >= 0.3 is 5.97 Å². The summed E-state index contributed by atoms with van der Waals surface area (Å²) in [6.45, 7) is 1.66. The minimum atomic E-state index is -0.526. The average Bonchev–Trinajstić information content (AvgIpc) is 2.89. The summed E-state index contributed by atoms with van der Waals surface area (Å²) in [4.78, 5) is 25.4. The van der Waals surface area contributed by atoms with Crippen LogP contribution in [0.4, 0.5) is 0 Å². The topological polar surface area (TPSA) is 61.2 Å². The fourth-order valence-corrected chi connectivity index (χ4v) is 3.36. The Kier molecular flexibility index (Phi) is 6.08. The van der Waals surface area contributed by atoms with Gasteiger partial charge in [-0.3, -0.25) is 9.59 Å². The van der Waals surface area contributed by atoms with Crippen molar-refractivity contribution in [1.29, 1.82) is 0 Å². The lowest BCUT2D eigenvalue weighted by molar-refractivity contribution is -0.134. The SMILES string of the molecule is Cc1nn(C)c(OC(=O)Cc2ccc(Cl)cc2)c1C(=O)c1ccc(Cl)cc1Cl.